The molecule has 0 unspecified atom stereocenters. The van der Waals surface area contributed by atoms with E-state index in [2.05, 4.69) is 54.8 Å². The Bertz CT molecular complexity index is 1190. The summed E-state index contributed by atoms with van der Waals surface area (Å²) in [5.74, 6) is 0.461. The van der Waals surface area contributed by atoms with Gasteiger partial charge < -0.3 is 9.80 Å². The minimum absolute atomic E-state index is 0.144. The Hall–Kier alpha value is -3.14. The second kappa shape index (κ2) is 12.8. The third kappa shape index (κ3) is 8.21. The number of alkyl halides is 3. The number of carbonyl (C=O) groups is 1. The van der Waals surface area contributed by atoms with Crippen LogP contribution in [0.25, 0.3) is 0 Å². The summed E-state index contributed by atoms with van der Waals surface area (Å²) in [7, 11) is 0. The topological polar surface area (TPSA) is 69.9 Å². The lowest BCUT2D eigenvalue weighted by molar-refractivity contribution is -0.388. The molecule has 2 aliphatic rings. The number of nitro groups is 1. The first-order chi connectivity index (χ1) is 19.3. The Kier molecular flexibility index (Phi) is 9.62. The lowest BCUT2D eigenvalue weighted by atomic mass is 9.87. The third-order valence-corrected chi connectivity index (χ3v) is 8.38. The SMILES string of the molecule is CC(C)(C)c1ccc(N2CCN(CCCC(=O)CC3CCN(c4ccc([N+](=O)[O-])c(C(F)(F)F)c4)CC3)CC2)cc1. The number of carbonyl (C=O) groups excluding carboxylic acids is 1. The van der Waals surface area contributed by atoms with Crippen LogP contribution in [-0.2, 0) is 16.4 Å². The van der Waals surface area contributed by atoms with Crippen LogP contribution in [0, 0.1) is 16.0 Å². The Morgan fingerprint density at radius 3 is 2.05 bits per heavy atom. The quantitative estimate of drug-likeness (QED) is 0.246. The number of nitro benzene ring substituents is 1. The van der Waals surface area contributed by atoms with Crippen LogP contribution >= 0.6 is 0 Å². The Morgan fingerprint density at radius 1 is 0.902 bits per heavy atom. The maximum atomic E-state index is 13.3. The fraction of sp³-hybridized carbons (Fsp3) is 0.581. The molecule has 2 aliphatic heterocycles. The normalized spacial score (nSPS) is 17.6. The van der Waals surface area contributed by atoms with E-state index >= 15 is 0 Å². The van der Waals surface area contributed by atoms with Crippen molar-refractivity contribution in [2.24, 2.45) is 5.92 Å². The van der Waals surface area contributed by atoms with Gasteiger partial charge in [0.15, 0.2) is 0 Å². The molecule has 2 saturated heterocycles. The molecule has 0 atom stereocenters. The molecule has 2 aromatic carbocycles. The van der Waals surface area contributed by atoms with Gasteiger partial charge in [0.25, 0.3) is 5.69 Å². The predicted octanol–water partition coefficient (Wildman–Crippen LogP) is 6.69. The van der Waals surface area contributed by atoms with Gasteiger partial charge in [0, 0.05) is 69.6 Å². The average molecular weight is 575 g/mol. The van der Waals surface area contributed by atoms with Gasteiger partial charge in [-0.15, -0.1) is 0 Å². The van der Waals surface area contributed by atoms with E-state index in [-0.39, 0.29) is 17.1 Å². The second-order valence-electron chi connectivity index (χ2n) is 12.4. The third-order valence-electron chi connectivity index (χ3n) is 8.38. The minimum atomic E-state index is -4.80. The second-order valence-corrected chi connectivity index (χ2v) is 12.4. The molecule has 41 heavy (non-hydrogen) atoms. The average Bonchev–Trinajstić information content (AvgIpc) is 2.92. The summed E-state index contributed by atoms with van der Waals surface area (Å²) >= 11 is 0. The molecule has 2 fully saturated rings. The molecule has 0 amide bonds. The molecule has 0 aliphatic carbocycles. The standard InChI is InChI=1S/C31H41F3N4O3/c1-30(2,3)24-6-8-25(9-7-24)37-19-17-35(18-20-37)14-4-5-27(39)21-23-12-15-36(16-13-23)26-10-11-29(38(40)41)28(22-26)31(32,33)34/h6-11,22-23H,4-5,12-21H2,1-3H3. The molecule has 0 spiro atoms. The summed E-state index contributed by atoms with van der Waals surface area (Å²) in [5, 5.41) is 11.0. The number of Topliss-reactive ketones (excluding diaryl/α,β-unsaturated/α-hetero) is 1. The van der Waals surface area contributed by atoms with Gasteiger partial charge in [-0.25, -0.2) is 0 Å². The van der Waals surface area contributed by atoms with Crippen LogP contribution < -0.4 is 9.80 Å². The van der Waals surface area contributed by atoms with E-state index in [4.69, 9.17) is 0 Å². The zero-order valence-corrected chi connectivity index (χ0v) is 24.3. The van der Waals surface area contributed by atoms with Gasteiger partial charge in [-0.2, -0.15) is 13.2 Å². The molecule has 0 aromatic heterocycles. The molecular formula is C31H41F3N4O3. The van der Waals surface area contributed by atoms with Crippen molar-refractivity contribution in [3.8, 4) is 0 Å². The summed E-state index contributed by atoms with van der Waals surface area (Å²) in [6.07, 6.45) is -1.49. The molecule has 4 rings (SSSR count). The van der Waals surface area contributed by atoms with Crippen molar-refractivity contribution in [1.82, 2.24) is 4.90 Å². The number of nitrogens with zero attached hydrogens (tertiary/aromatic N) is 4. The van der Waals surface area contributed by atoms with Gasteiger partial charge in [0.1, 0.15) is 11.3 Å². The molecule has 10 heteroatoms. The summed E-state index contributed by atoms with van der Waals surface area (Å²) in [6.45, 7) is 12.5. The highest BCUT2D eigenvalue weighted by Crippen LogP contribution is 2.39. The van der Waals surface area contributed by atoms with E-state index in [9.17, 15) is 28.1 Å². The van der Waals surface area contributed by atoms with E-state index < -0.39 is 22.4 Å². The lowest BCUT2D eigenvalue weighted by Gasteiger charge is -2.36. The van der Waals surface area contributed by atoms with Crippen molar-refractivity contribution < 1.29 is 22.9 Å². The molecule has 0 bridgehead atoms. The maximum Gasteiger partial charge on any atom is 0.423 e. The zero-order valence-electron chi connectivity index (χ0n) is 24.3. The molecular weight excluding hydrogens is 533 g/mol. The number of piperazine rings is 1. The number of rotatable bonds is 9. The lowest BCUT2D eigenvalue weighted by Crippen LogP contribution is -2.46. The first-order valence-electron chi connectivity index (χ1n) is 14.5. The van der Waals surface area contributed by atoms with Crippen molar-refractivity contribution in [3.05, 3.63) is 63.7 Å². The maximum absolute atomic E-state index is 13.3. The summed E-state index contributed by atoms with van der Waals surface area (Å²) in [4.78, 5) is 29.3. The van der Waals surface area contributed by atoms with Crippen LogP contribution in [-0.4, -0.2) is 61.4 Å². The smallest absolute Gasteiger partial charge is 0.371 e. The van der Waals surface area contributed by atoms with E-state index in [0.717, 1.165) is 51.3 Å². The number of hydrogen-bond donors (Lipinski definition) is 0. The van der Waals surface area contributed by atoms with Crippen LogP contribution in [0.4, 0.5) is 30.2 Å². The van der Waals surface area contributed by atoms with Gasteiger partial charge in [0.2, 0.25) is 0 Å². The van der Waals surface area contributed by atoms with E-state index in [1.165, 1.54) is 17.3 Å². The molecule has 2 heterocycles. The fourth-order valence-corrected chi connectivity index (χ4v) is 5.83. The monoisotopic (exact) mass is 574 g/mol. The van der Waals surface area contributed by atoms with Crippen molar-refractivity contribution in [1.29, 1.82) is 0 Å². The van der Waals surface area contributed by atoms with Crippen molar-refractivity contribution in [3.63, 3.8) is 0 Å². The first-order valence-corrected chi connectivity index (χ1v) is 14.5. The fourth-order valence-electron chi connectivity index (χ4n) is 5.83. The van der Waals surface area contributed by atoms with Crippen LogP contribution in [0.1, 0.15) is 64.0 Å². The number of ketones is 1. The van der Waals surface area contributed by atoms with Gasteiger partial charge in [0.05, 0.1) is 4.92 Å². The Balaban J connectivity index is 1.16. The highest BCUT2D eigenvalue weighted by Gasteiger charge is 2.39. The minimum Gasteiger partial charge on any atom is -0.371 e. The van der Waals surface area contributed by atoms with Gasteiger partial charge in [-0.3, -0.25) is 19.8 Å². The molecule has 7 nitrogen and oxygen atoms in total. The highest BCUT2D eigenvalue weighted by atomic mass is 19.4. The largest absolute Gasteiger partial charge is 0.423 e. The number of halogens is 3. The molecule has 0 saturated carbocycles. The number of benzene rings is 2. The Labute approximate surface area is 240 Å². The zero-order chi connectivity index (χ0) is 29.8. The molecule has 0 N–H and O–H groups in total. The van der Waals surface area contributed by atoms with Crippen LogP contribution in [0.2, 0.25) is 0 Å². The van der Waals surface area contributed by atoms with Crippen LogP contribution in [0.3, 0.4) is 0 Å². The Morgan fingerprint density at radius 2 is 1.49 bits per heavy atom. The predicted molar refractivity (Wildman–Crippen MR) is 156 cm³/mol. The summed E-state index contributed by atoms with van der Waals surface area (Å²) in [6, 6.07) is 12.0. The van der Waals surface area contributed by atoms with Gasteiger partial charge in [-0.05, 0) is 67.0 Å². The van der Waals surface area contributed by atoms with Gasteiger partial charge >= 0.3 is 6.18 Å². The molecule has 2 aromatic rings. The van der Waals surface area contributed by atoms with E-state index in [1.807, 2.05) is 4.90 Å². The van der Waals surface area contributed by atoms with Crippen molar-refractivity contribution in [2.45, 2.75) is 64.5 Å². The first kappa shape index (κ1) is 30.8. The number of piperidine rings is 1. The summed E-state index contributed by atoms with van der Waals surface area (Å²) < 4.78 is 40.0. The van der Waals surface area contributed by atoms with Crippen molar-refractivity contribution >= 4 is 22.8 Å². The van der Waals surface area contributed by atoms with Crippen LogP contribution in [0.5, 0.6) is 0 Å². The number of hydrogen-bond acceptors (Lipinski definition) is 6. The summed E-state index contributed by atoms with van der Waals surface area (Å²) in [5.41, 5.74) is 0.899. The molecule has 224 valence electrons. The van der Waals surface area contributed by atoms with Crippen molar-refractivity contribution in [2.75, 3.05) is 55.6 Å². The number of anilines is 2. The van der Waals surface area contributed by atoms with E-state index in [1.54, 1.807) is 0 Å². The van der Waals surface area contributed by atoms with Gasteiger partial charge in [-0.1, -0.05) is 32.9 Å². The van der Waals surface area contributed by atoms with Crippen LogP contribution in [0.15, 0.2) is 42.5 Å². The highest BCUT2D eigenvalue weighted by molar-refractivity contribution is 5.78. The van der Waals surface area contributed by atoms with E-state index in [0.29, 0.717) is 44.5 Å². The molecule has 0 radical (unpaired) electrons.